The highest BCUT2D eigenvalue weighted by molar-refractivity contribution is 6.39. The van der Waals surface area contributed by atoms with E-state index in [1.165, 1.54) is 18.5 Å². The summed E-state index contributed by atoms with van der Waals surface area (Å²) in [7, 11) is 0. The van der Waals surface area contributed by atoms with Gasteiger partial charge in [-0.15, -0.1) is 0 Å². The zero-order valence-corrected chi connectivity index (χ0v) is 16.8. The molecule has 1 aliphatic heterocycles. The third-order valence-electron chi connectivity index (χ3n) is 5.45. The fourth-order valence-corrected chi connectivity index (χ4v) is 3.70. The lowest BCUT2D eigenvalue weighted by Gasteiger charge is -2.47. The normalized spacial score (nSPS) is 21.5. The summed E-state index contributed by atoms with van der Waals surface area (Å²) in [6.07, 6.45) is 6.08. The van der Waals surface area contributed by atoms with Crippen LogP contribution >= 0.6 is 0 Å². The van der Waals surface area contributed by atoms with E-state index in [4.69, 9.17) is 5.73 Å². The Morgan fingerprint density at radius 1 is 1.28 bits per heavy atom. The Kier molecular flexibility index (Phi) is 5.63. The quantitative estimate of drug-likeness (QED) is 0.771. The van der Waals surface area contributed by atoms with Crippen LogP contribution < -0.4 is 11.1 Å². The lowest BCUT2D eigenvalue weighted by molar-refractivity contribution is -0.150. The summed E-state index contributed by atoms with van der Waals surface area (Å²) in [4.78, 5) is 46.9. The lowest BCUT2D eigenvalue weighted by Crippen LogP contribution is -2.55. The number of carbonyl (C=O) groups is 3. The van der Waals surface area contributed by atoms with Gasteiger partial charge in [-0.2, -0.15) is 0 Å². The standard InChI is InChI=1S/C21H25N5O3/c1-13-4-6-21(3,16-5-7-24-14(2)8-16)26(12-13)20(29)19(28)25-17-9-15(18(22)27)10-23-11-17/h5,7-11,13H,4,6,12H2,1-3H3,(H2,22,27)(H,25,28)/t13-,21-/m0/s1. The number of hydrogen-bond acceptors (Lipinski definition) is 5. The molecule has 0 saturated carbocycles. The minimum absolute atomic E-state index is 0.152. The van der Waals surface area contributed by atoms with E-state index in [1.807, 2.05) is 26.0 Å². The summed E-state index contributed by atoms with van der Waals surface area (Å²) in [6.45, 7) is 6.42. The number of nitrogens with zero attached hydrogens (tertiary/aromatic N) is 3. The molecule has 3 N–H and O–H groups in total. The summed E-state index contributed by atoms with van der Waals surface area (Å²) in [5, 5.41) is 2.54. The van der Waals surface area contributed by atoms with Crippen LogP contribution in [0.25, 0.3) is 0 Å². The Morgan fingerprint density at radius 3 is 2.72 bits per heavy atom. The molecule has 2 aromatic rings. The molecule has 0 aromatic carbocycles. The Bertz CT molecular complexity index is 961. The summed E-state index contributed by atoms with van der Waals surface area (Å²) in [6, 6.07) is 5.24. The largest absolute Gasteiger partial charge is 0.366 e. The van der Waals surface area contributed by atoms with Gasteiger partial charge in [0.25, 0.3) is 0 Å². The molecule has 0 spiro atoms. The van der Waals surface area contributed by atoms with Gasteiger partial charge in [0.05, 0.1) is 23.0 Å². The van der Waals surface area contributed by atoms with Gasteiger partial charge in [0.1, 0.15) is 0 Å². The van der Waals surface area contributed by atoms with E-state index in [9.17, 15) is 14.4 Å². The number of piperidine rings is 1. The van der Waals surface area contributed by atoms with Gasteiger partial charge in [0, 0.05) is 24.6 Å². The number of hydrogen-bond donors (Lipinski definition) is 2. The first kappa shape index (κ1) is 20.4. The molecule has 1 fully saturated rings. The number of aromatic nitrogens is 2. The molecule has 0 aliphatic carbocycles. The number of pyridine rings is 2. The van der Waals surface area contributed by atoms with E-state index in [2.05, 4.69) is 22.2 Å². The van der Waals surface area contributed by atoms with Crippen molar-refractivity contribution >= 4 is 23.4 Å². The highest BCUT2D eigenvalue weighted by Gasteiger charge is 2.43. The van der Waals surface area contributed by atoms with Gasteiger partial charge in [0.2, 0.25) is 5.91 Å². The SMILES string of the molecule is Cc1cc([C@]2(C)CC[C@H](C)CN2C(=O)C(=O)Nc2cncc(C(N)=O)c2)ccn1. The minimum Gasteiger partial charge on any atom is -0.366 e. The van der Waals surface area contributed by atoms with Crippen molar-refractivity contribution in [3.8, 4) is 0 Å². The van der Waals surface area contributed by atoms with Gasteiger partial charge < -0.3 is 16.0 Å². The smallest absolute Gasteiger partial charge is 0.313 e. The van der Waals surface area contributed by atoms with Gasteiger partial charge in [-0.1, -0.05) is 6.92 Å². The van der Waals surface area contributed by atoms with Crippen LogP contribution in [-0.2, 0) is 15.1 Å². The fourth-order valence-electron chi connectivity index (χ4n) is 3.70. The maximum absolute atomic E-state index is 13.1. The molecule has 2 aromatic heterocycles. The molecule has 3 amide bonds. The van der Waals surface area contributed by atoms with Crippen LogP contribution in [-0.4, -0.2) is 39.1 Å². The summed E-state index contributed by atoms with van der Waals surface area (Å²) < 4.78 is 0. The van der Waals surface area contributed by atoms with Crippen molar-refractivity contribution in [2.24, 2.45) is 11.7 Å². The first-order valence-electron chi connectivity index (χ1n) is 9.51. The molecule has 0 bridgehead atoms. The molecule has 29 heavy (non-hydrogen) atoms. The van der Waals surface area contributed by atoms with Crippen molar-refractivity contribution in [3.63, 3.8) is 0 Å². The fraction of sp³-hybridized carbons (Fsp3) is 0.381. The van der Waals surface area contributed by atoms with E-state index in [0.29, 0.717) is 6.54 Å². The molecule has 0 unspecified atom stereocenters. The average molecular weight is 395 g/mol. The molecule has 152 valence electrons. The molecule has 2 atom stereocenters. The first-order chi connectivity index (χ1) is 13.7. The Hall–Kier alpha value is -3.29. The van der Waals surface area contributed by atoms with E-state index < -0.39 is 23.3 Å². The number of amides is 3. The molecule has 3 heterocycles. The number of aryl methyl sites for hydroxylation is 1. The number of rotatable bonds is 3. The Morgan fingerprint density at radius 2 is 2.03 bits per heavy atom. The molecule has 1 saturated heterocycles. The summed E-state index contributed by atoms with van der Waals surface area (Å²) in [5.74, 6) is -1.79. The minimum atomic E-state index is -0.778. The second-order valence-corrected chi connectivity index (χ2v) is 7.80. The van der Waals surface area contributed by atoms with Crippen LogP contribution in [0.2, 0.25) is 0 Å². The second kappa shape index (κ2) is 7.98. The number of carbonyl (C=O) groups excluding carboxylic acids is 3. The molecule has 8 heteroatoms. The number of nitrogens with one attached hydrogen (secondary N) is 1. The van der Waals surface area contributed by atoms with Crippen molar-refractivity contribution < 1.29 is 14.4 Å². The first-order valence-corrected chi connectivity index (χ1v) is 9.51. The van der Waals surface area contributed by atoms with Crippen molar-refractivity contribution in [2.45, 2.75) is 39.2 Å². The van der Waals surface area contributed by atoms with E-state index >= 15 is 0 Å². The third kappa shape index (κ3) is 4.26. The van der Waals surface area contributed by atoms with Crippen LogP contribution in [0, 0.1) is 12.8 Å². The molecule has 8 nitrogen and oxygen atoms in total. The second-order valence-electron chi connectivity index (χ2n) is 7.80. The lowest BCUT2D eigenvalue weighted by atomic mass is 9.79. The van der Waals surface area contributed by atoms with E-state index in [1.54, 1.807) is 11.1 Å². The molecular weight excluding hydrogens is 370 g/mol. The van der Waals surface area contributed by atoms with E-state index in [0.717, 1.165) is 24.1 Å². The van der Waals surface area contributed by atoms with Gasteiger partial charge in [-0.25, -0.2) is 0 Å². The highest BCUT2D eigenvalue weighted by atomic mass is 16.2. The molecular formula is C21H25N5O3. The number of primary amides is 1. The van der Waals surface area contributed by atoms with Crippen LogP contribution in [0.15, 0.2) is 36.8 Å². The van der Waals surface area contributed by atoms with Gasteiger partial charge in [0.15, 0.2) is 0 Å². The monoisotopic (exact) mass is 395 g/mol. The zero-order chi connectivity index (χ0) is 21.2. The highest BCUT2D eigenvalue weighted by Crippen LogP contribution is 2.39. The van der Waals surface area contributed by atoms with Crippen molar-refractivity contribution in [1.29, 1.82) is 0 Å². The maximum Gasteiger partial charge on any atom is 0.313 e. The average Bonchev–Trinajstić information content (AvgIpc) is 2.69. The number of anilines is 1. The van der Waals surface area contributed by atoms with Crippen LogP contribution in [0.4, 0.5) is 5.69 Å². The maximum atomic E-state index is 13.1. The topological polar surface area (TPSA) is 118 Å². The molecule has 0 radical (unpaired) electrons. The predicted molar refractivity (Wildman–Crippen MR) is 108 cm³/mol. The van der Waals surface area contributed by atoms with Gasteiger partial charge in [-0.3, -0.25) is 24.4 Å². The van der Waals surface area contributed by atoms with Crippen molar-refractivity contribution in [2.75, 3.05) is 11.9 Å². The number of likely N-dealkylation sites (tertiary alicyclic amines) is 1. The Labute approximate surface area is 169 Å². The third-order valence-corrected chi connectivity index (χ3v) is 5.45. The zero-order valence-electron chi connectivity index (χ0n) is 16.8. The van der Waals surface area contributed by atoms with E-state index in [-0.39, 0.29) is 17.2 Å². The van der Waals surface area contributed by atoms with Gasteiger partial charge in [-0.05, 0) is 56.4 Å². The van der Waals surface area contributed by atoms with Crippen LogP contribution in [0.5, 0.6) is 0 Å². The molecule has 1 aliphatic rings. The number of nitrogens with two attached hydrogens (primary N) is 1. The summed E-state index contributed by atoms with van der Waals surface area (Å²) in [5.41, 5.74) is 6.84. The van der Waals surface area contributed by atoms with Crippen LogP contribution in [0.3, 0.4) is 0 Å². The Balaban J connectivity index is 1.87. The van der Waals surface area contributed by atoms with Crippen LogP contribution in [0.1, 0.15) is 48.3 Å². The van der Waals surface area contributed by atoms with Crippen molar-refractivity contribution in [3.05, 3.63) is 53.6 Å². The van der Waals surface area contributed by atoms with Gasteiger partial charge >= 0.3 is 11.8 Å². The molecule has 3 rings (SSSR count). The van der Waals surface area contributed by atoms with Crippen molar-refractivity contribution in [1.82, 2.24) is 14.9 Å². The summed E-state index contributed by atoms with van der Waals surface area (Å²) >= 11 is 0. The predicted octanol–water partition coefficient (Wildman–Crippen LogP) is 2.00.